The number of hydrogen-bond acceptors (Lipinski definition) is 5. The zero-order valence-corrected chi connectivity index (χ0v) is 14.3. The Balaban J connectivity index is 2.30. The maximum Gasteiger partial charge on any atom is 0.293 e. The Kier molecular flexibility index (Phi) is 6.47. The molecule has 25 heavy (non-hydrogen) atoms. The summed E-state index contributed by atoms with van der Waals surface area (Å²) in [6, 6.07) is 13.7. The number of nitro groups is 1. The fourth-order valence-corrected chi connectivity index (χ4v) is 2.46. The number of nitro benzene ring substituents is 1. The van der Waals surface area contributed by atoms with Gasteiger partial charge in [0.1, 0.15) is 5.69 Å². The second-order valence-corrected chi connectivity index (χ2v) is 5.29. The standard InChI is InChI=1S/C18H21N3O4/c1-3-20(15-7-5-4-6-8-15)18(22)14-9-10-16(19-11-12-25-2)17(13-14)21(23)24/h4-10,13,19H,3,11-12H2,1-2H3. The molecule has 0 unspecified atom stereocenters. The van der Waals surface area contributed by atoms with Crippen molar-refractivity contribution in [3.63, 3.8) is 0 Å². The Morgan fingerprint density at radius 1 is 1.24 bits per heavy atom. The van der Waals surface area contributed by atoms with Crippen LogP contribution < -0.4 is 10.2 Å². The first-order valence-electron chi connectivity index (χ1n) is 7.96. The van der Waals surface area contributed by atoms with Gasteiger partial charge in [0.15, 0.2) is 0 Å². The number of hydrogen-bond donors (Lipinski definition) is 1. The van der Waals surface area contributed by atoms with Crippen LogP contribution in [0.2, 0.25) is 0 Å². The third-order valence-electron chi connectivity index (χ3n) is 3.69. The number of anilines is 2. The second kappa shape index (κ2) is 8.79. The molecule has 0 aliphatic rings. The van der Waals surface area contributed by atoms with Crippen molar-refractivity contribution in [1.82, 2.24) is 0 Å². The number of nitrogens with one attached hydrogen (secondary N) is 1. The minimum Gasteiger partial charge on any atom is -0.383 e. The largest absolute Gasteiger partial charge is 0.383 e. The van der Waals surface area contributed by atoms with Gasteiger partial charge in [-0.05, 0) is 31.2 Å². The number of para-hydroxylation sites is 1. The third kappa shape index (κ3) is 4.54. The monoisotopic (exact) mass is 343 g/mol. The maximum atomic E-state index is 12.8. The van der Waals surface area contributed by atoms with Gasteiger partial charge in [0.25, 0.3) is 11.6 Å². The summed E-state index contributed by atoms with van der Waals surface area (Å²) < 4.78 is 4.93. The highest BCUT2D eigenvalue weighted by atomic mass is 16.6. The van der Waals surface area contributed by atoms with Crippen molar-refractivity contribution in [2.75, 3.05) is 37.0 Å². The molecule has 0 aromatic heterocycles. The van der Waals surface area contributed by atoms with Gasteiger partial charge in [0, 0.05) is 37.5 Å². The van der Waals surface area contributed by atoms with Crippen molar-refractivity contribution in [2.45, 2.75) is 6.92 Å². The Labute approximate surface area is 146 Å². The number of ether oxygens (including phenoxy) is 1. The third-order valence-corrected chi connectivity index (χ3v) is 3.69. The van der Waals surface area contributed by atoms with E-state index in [9.17, 15) is 14.9 Å². The summed E-state index contributed by atoms with van der Waals surface area (Å²) in [7, 11) is 1.56. The molecule has 0 aliphatic carbocycles. The van der Waals surface area contributed by atoms with Gasteiger partial charge in [0.05, 0.1) is 11.5 Å². The minimum absolute atomic E-state index is 0.133. The number of nitrogens with zero attached hydrogens (tertiary/aromatic N) is 2. The zero-order chi connectivity index (χ0) is 18.2. The van der Waals surface area contributed by atoms with Gasteiger partial charge in [-0.25, -0.2) is 0 Å². The number of carbonyl (C=O) groups is 1. The lowest BCUT2D eigenvalue weighted by atomic mass is 10.1. The summed E-state index contributed by atoms with van der Waals surface area (Å²) >= 11 is 0. The Hall–Kier alpha value is -2.93. The molecule has 2 rings (SSSR count). The van der Waals surface area contributed by atoms with Crippen molar-refractivity contribution in [1.29, 1.82) is 0 Å². The average molecular weight is 343 g/mol. The van der Waals surface area contributed by atoms with E-state index in [1.54, 1.807) is 24.1 Å². The van der Waals surface area contributed by atoms with E-state index < -0.39 is 4.92 Å². The quantitative estimate of drug-likeness (QED) is 0.451. The molecule has 0 aliphatic heterocycles. The summed E-state index contributed by atoms with van der Waals surface area (Å²) in [5, 5.41) is 14.3. The predicted octanol–water partition coefficient (Wildman–Crippen LogP) is 3.32. The van der Waals surface area contributed by atoms with Crippen molar-refractivity contribution < 1.29 is 14.5 Å². The summed E-state index contributed by atoms with van der Waals surface area (Å²) in [5.74, 6) is -0.278. The minimum atomic E-state index is -0.495. The van der Waals surface area contributed by atoms with Crippen molar-refractivity contribution in [3.05, 3.63) is 64.2 Å². The van der Waals surface area contributed by atoms with Crippen LogP contribution in [0, 0.1) is 10.1 Å². The number of benzene rings is 2. The number of amides is 1. The number of rotatable bonds is 8. The molecular weight excluding hydrogens is 322 g/mol. The van der Waals surface area contributed by atoms with E-state index in [0.29, 0.717) is 25.4 Å². The Morgan fingerprint density at radius 3 is 2.56 bits per heavy atom. The molecular formula is C18H21N3O4. The van der Waals surface area contributed by atoms with Gasteiger partial charge in [-0.1, -0.05) is 18.2 Å². The van der Waals surface area contributed by atoms with Gasteiger partial charge < -0.3 is 15.0 Å². The van der Waals surface area contributed by atoms with Crippen LogP contribution in [-0.4, -0.2) is 37.6 Å². The lowest BCUT2D eigenvalue weighted by Crippen LogP contribution is -2.30. The van der Waals surface area contributed by atoms with Gasteiger partial charge in [-0.2, -0.15) is 0 Å². The van der Waals surface area contributed by atoms with Crippen LogP contribution in [-0.2, 0) is 4.74 Å². The molecule has 1 N–H and O–H groups in total. The highest BCUT2D eigenvalue weighted by Crippen LogP contribution is 2.27. The Bertz CT molecular complexity index is 734. The second-order valence-electron chi connectivity index (χ2n) is 5.29. The van der Waals surface area contributed by atoms with E-state index in [1.807, 2.05) is 37.3 Å². The highest BCUT2D eigenvalue weighted by Gasteiger charge is 2.21. The fraction of sp³-hybridized carbons (Fsp3) is 0.278. The van der Waals surface area contributed by atoms with E-state index in [-0.39, 0.29) is 17.2 Å². The molecule has 0 spiro atoms. The molecule has 7 heteroatoms. The van der Waals surface area contributed by atoms with Crippen LogP contribution in [0.25, 0.3) is 0 Å². The van der Waals surface area contributed by atoms with Crippen LogP contribution >= 0.6 is 0 Å². The first kappa shape index (κ1) is 18.4. The van der Waals surface area contributed by atoms with Crippen molar-refractivity contribution in [2.24, 2.45) is 0 Å². The van der Waals surface area contributed by atoms with Gasteiger partial charge >= 0.3 is 0 Å². The number of methoxy groups -OCH3 is 1. The Morgan fingerprint density at radius 2 is 1.96 bits per heavy atom. The number of carbonyl (C=O) groups excluding carboxylic acids is 1. The molecule has 0 heterocycles. The normalized spacial score (nSPS) is 10.3. The molecule has 0 saturated heterocycles. The van der Waals surface area contributed by atoms with E-state index in [0.717, 1.165) is 5.69 Å². The van der Waals surface area contributed by atoms with Crippen LogP contribution in [0.15, 0.2) is 48.5 Å². The molecule has 0 atom stereocenters. The lowest BCUT2D eigenvalue weighted by molar-refractivity contribution is -0.384. The lowest BCUT2D eigenvalue weighted by Gasteiger charge is -2.21. The summed E-state index contributed by atoms with van der Waals surface area (Å²) in [6.07, 6.45) is 0. The first-order valence-corrected chi connectivity index (χ1v) is 7.96. The summed E-state index contributed by atoms with van der Waals surface area (Å²) in [5.41, 5.74) is 1.25. The molecule has 0 bridgehead atoms. The molecule has 2 aromatic rings. The maximum absolute atomic E-state index is 12.8. The van der Waals surface area contributed by atoms with Gasteiger partial charge in [-0.3, -0.25) is 14.9 Å². The molecule has 0 radical (unpaired) electrons. The zero-order valence-electron chi connectivity index (χ0n) is 14.3. The van der Waals surface area contributed by atoms with E-state index in [4.69, 9.17) is 4.74 Å². The van der Waals surface area contributed by atoms with Crippen molar-refractivity contribution >= 4 is 23.0 Å². The predicted molar refractivity (Wildman–Crippen MR) is 97.3 cm³/mol. The first-order chi connectivity index (χ1) is 12.1. The van der Waals surface area contributed by atoms with Crippen LogP contribution in [0.5, 0.6) is 0 Å². The summed E-state index contributed by atoms with van der Waals surface area (Å²) in [6.45, 7) is 3.19. The molecule has 2 aromatic carbocycles. The van der Waals surface area contributed by atoms with Gasteiger partial charge in [-0.15, -0.1) is 0 Å². The van der Waals surface area contributed by atoms with E-state index >= 15 is 0 Å². The highest BCUT2D eigenvalue weighted by molar-refractivity contribution is 6.06. The van der Waals surface area contributed by atoms with E-state index in [2.05, 4.69) is 5.32 Å². The van der Waals surface area contributed by atoms with Crippen LogP contribution in [0.3, 0.4) is 0 Å². The smallest absolute Gasteiger partial charge is 0.293 e. The summed E-state index contributed by atoms with van der Waals surface area (Å²) in [4.78, 5) is 25.2. The molecule has 7 nitrogen and oxygen atoms in total. The molecule has 1 amide bonds. The molecule has 132 valence electrons. The van der Waals surface area contributed by atoms with Crippen LogP contribution in [0.1, 0.15) is 17.3 Å². The average Bonchev–Trinajstić information content (AvgIpc) is 2.63. The van der Waals surface area contributed by atoms with Crippen LogP contribution in [0.4, 0.5) is 17.1 Å². The van der Waals surface area contributed by atoms with Gasteiger partial charge in [0.2, 0.25) is 0 Å². The molecule has 0 saturated carbocycles. The SMILES string of the molecule is CCN(C(=O)c1ccc(NCCOC)c([N+](=O)[O-])c1)c1ccccc1. The topological polar surface area (TPSA) is 84.7 Å². The van der Waals surface area contributed by atoms with Crippen molar-refractivity contribution in [3.8, 4) is 0 Å². The fourth-order valence-electron chi connectivity index (χ4n) is 2.46. The molecule has 0 fully saturated rings. The van der Waals surface area contributed by atoms with E-state index in [1.165, 1.54) is 6.07 Å².